The van der Waals surface area contributed by atoms with Crippen molar-refractivity contribution in [2.24, 2.45) is 5.41 Å². The number of methoxy groups -OCH3 is 1. The minimum atomic E-state index is -0.444. The molecule has 28 heavy (non-hydrogen) atoms. The van der Waals surface area contributed by atoms with E-state index in [-0.39, 0.29) is 17.2 Å². The SMILES string of the molecule is COC(=O)c1ccccc1CCC(=O)c1cccc(C2OCC(C)(C)CO2)c1. The van der Waals surface area contributed by atoms with Gasteiger partial charge in [0.1, 0.15) is 0 Å². The second-order valence-electron chi connectivity index (χ2n) is 7.82. The standard InChI is InChI=1S/C23H26O5/c1-23(2)14-27-22(28-15-23)18-9-6-8-17(13-18)20(24)12-11-16-7-4-5-10-19(16)21(25)26-3/h4-10,13,22H,11-12,14-15H2,1-3H3. The van der Waals surface area contributed by atoms with Gasteiger partial charge in [0.2, 0.25) is 0 Å². The van der Waals surface area contributed by atoms with Gasteiger partial charge in [0.25, 0.3) is 0 Å². The number of benzene rings is 2. The first-order chi connectivity index (χ1) is 13.4. The first kappa shape index (κ1) is 20.2. The van der Waals surface area contributed by atoms with E-state index in [9.17, 15) is 9.59 Å². The highest BCUT2D eigenvalue weighted by atomic mass is 16.7. The maximum absolute atomic E-state index is 12.7. The van der Waals surface area contributed by atoms with Crippen molar-refractivity contribution in [3.8, 4) is 0 Å². The number of aryl methyl sites for hydroxylation is 1. The molecule has 5 nitrogen and oxygen atoms in total. The van der Waals surface area contributed by atoms with E-state index in [4.69, 9.17) is 14.2 Å². The van der Waals surface area contributed by atoms with E-state index in [2.05, 4.69) is 13.8 Å². The Morgan fingerprint density at radius 1 is 1.07 bits per heavy atom. The molecule has 0 radical (unpaired) electrons. The fraction of sp³-hybridized carbons (Fsp3) is 0.391. The Morgan fingerprint density at radius 2 is 1.79 bits per heavy atom. The molecule has 0 amide bonds. The smallest absolute Gasteiger partial charge is 0.338 e. The number of carbonyl (C=O) groups excluding carboxylic acids is 2. The van der Waals surface area contributed by atoms with Gasteiger partial charge in [0.15, 0.2) is 12.1 Å². The zero-order valence-corrected chi connectivity index (χ0v) is 16.6. The molecular formula is C23H26O5. The summed E-state index contributed by atoms with van der Waals surface area (Å²) in [5, 5.41) is 0. The van der Waals surface area contributed by atoms with E-state index in [1.165, 1.54) is 7.11 Å². The molecule has 0 spiro atoms. The van der Waals surface area contributed by atoms with E-state index in [0.29, 0.717) is 37.2 Å². The molecule has 0 aliphatic carbocycles. The molecule has 2 aromatic rings. The molecular weight excluding hydrogens is 356 g/mol. The van der Waals surface area contributed by atoms with Crippen LogP contribution in [0.4, 0.5) is 0 Å². The molecule has 1 saturated heterocycles. The van der Waals surface area contributed by atoms with Gasteiger partial charge in [-0.15, -0.1) is 0 Å². The number of hydrogen-bond acceptors (Lipinski definition) is 5. The Hall–Kier alpha value is -2.50. The third-order valence-electron chi connectivity index (χ3n) is 4.78. The molecule has 3 rings (SSSR count). The normalized spacial score (nSPS) is 16.5. The van der Waals surface area contributed by atoms with Crippen LogP contribution in [0, 0.1) is 5.41 Å². The highest BCUT2D eigenvalue weighted by molar-refractivity contribution is 5.97. The number of rotatable bonds is 6. The highest BCUT2D eigenvalue weighted by Gasteiger charge is 2.29. The first-order valence-corrected chi connectivity index (χ1v) is 9.42. The summed E-state index contributed by atoms with van der Waals surface area (Å²) in [6, 6.07) is 14.6. The molecule has 0 atom stereocenters. The zero-order chi connectivity index (χ0) is 20.1. The van der Waals surface area contributed by atoms with Gasteiger partial charge < -0.3 is 14.2 Å². The summed E-state index contributed by atoms with van der Waals surface area (Å²) >= 11 is 0. The average Bonchev–Trinajstić information content (AvgIpc) is 2.71. The maximum atomic E-state index is 12.7. The molecule has 0 N–H and O–H groups in total. The average molecular weight is 382 g/mol. The van der Waals surface area contributed by atoms with Crippen molar-refractivity contribution in [1.82, 2.24) is 0 Å². The van der Waals surface area contributed by atoms with Crippen molar-refractivity contribution in [3.63, 3.8) is 0 Å². The Morgan fingerprint density at radius 3 is 2.50 bits per heavy atom. The number of hydrogen-bond donors (Lipinski definition) is 0. The van der Waals surface area contributed by atoms with Crippen molar-refractivity contribution in [2.75, 3.05) is 20.3 Å². The number of esters is 1. The zero-order valence-electron chi connectivity index (χ0n) is 16.6. The quantitative estimate of drug-likeness (QED) is 0.549. The van der Waals surface area contributed by atoms with Gasteiger partial charge in [0.05, 0.1) is 25.9 Å². The van der Waals surface area contributed by atoms with E-state index < -0.39 is 6.29 Å². The van der Waals surface area contributed by atoms with Crippen LogP contribution >= 0.6 is 0 Å². The van der Waals surface area contributed by atoms with Crippen LogP contribution < -0.4 is 0 Å². The Labute approximate surface area is 165 Å². The summed E-state index contributed by atoms with van der Waals surface area (Å²) in [5.41, 5.74) is 2.76. The van der Waals surface area contributed by atoms with E-state index >= 15 is 0 Å². The number of carbonyl (C=O) groups is 2. The Kier molecular flexibility index (Phi) is 6.27. The molecule has 0 unspecified atom stereocenters. The molecule has 1 aliphatic heterocycles. The topological polar surface area (TPSA) is 61.8 Å². The van der Waals surface area contributed by atoms with Gasteiger partial charge in [-0.25, -0.2) is 4.79 Å². The molecule has 5 heteroatoms. The largest absolute Gasteiger partial charge is 0.465 e. The van der Waals surface area contributed by atoms with Crippen LogP contribution in [0.15, 0.2) is 48.5 Å². The predicted octanol–water partition coefficient (Wildman–Crippen LogP) is 4.36. The van der Waals surface area contributed by atoms with Crippen molar-refractivity contribution in [3.05, 3.63) is 70.8 Å². The fourth-order valence-corrected chi connectivity index (χ4v) is 3.18. The van der Waals surface area contributed by atoms with Crippen LogP contribution in [0.25, 0.3) is 0 Å². The summed E-state index contributed by atoms with van der Waals surface area (Å²) in [5.74, 6) is -0.378. The molecule has 1 heterocycles. The first-order valence-electron chi connectivity index (χ1n) is 9.42. The molecule has 0 saturated carbocycles. The monoisotopic (exact) mass is 382 g/mol. The summed E-state index contributed by atoms with van der Waals surface area (Å²) in [4.78, 5) is 24.6. The van der Waals surface area contributed by atoms with Gasteiger partial charge >= 0.3 is 5.97 Å². The van der Waals surface area contributed by atoms with Crippen molar-refractivity contribution >= 4 is 11.8 Å². The van der Waals surface area contributed by atoms with E-state index in [1.807, 2.05) is 30.3 Å². The van der Waals surface area contributed by atoms with Gasteiger partial charge in [-0.05, 0) is 24.1 Å². The molecule has 148 valence electrons. The van der Waals surface area contributed by atoms with E-state index in [1.54, 1.807) is 18.2 Å². The Balaban J connectivity index is 1.67. The Bertz CT molecular complexity index is 846. The summed E-state index contributed by atoms with van der Waals surface area (Å²) in [6.07, 6.45) is 0.330. The van der Waals surface area contributed by atoms with Crippen LogP contribution in [0.5, 0.6) is 0 Å². The van der Waals surface area contributed by atoms with Crippen LogP contribution in [-0.2, 0) is 20.6 Å². The number of ketones is 1. The lowest BCUT2D eigenvalue weighted by Crippen LogP contribution is -2.33. The van der Waals surface area contributed by atoms with Gasteiger partial charge in [-0.2, -0.15) is 0 Å². The van der Waals surface area contributed by atoms with Crippen LogP contribution in [-0.4, -0.2) is 32.1 Å². The molecule has 2 aromatic carbocycles. The second kappa shape index (κ2) is 8.67. The minimum absolute atomic E-state index is 0.00302. The third kappa shape index (κ3) is 4.86. The maximum Gasteiger partial charge on any atom is 0.338 e. The lowest BCUT2D eigenvalue weighted by molar-refractivity contribution is -0.226. The summed E-state index contributed by atoms with van der Waals surface area (Å²) in [7, 11) is 1.35. The lowest BCUT2D eigenvalue weighted by Gasteiger charge is -2.34. The molecule has 0 aromatic heterocycles. The summed E-state index contributed by atoms with van der Waals surface area (Å²) in [6.45, 7) is 5.41. The highest BCUT2D eigenvalue weighted by Crippen LogP contribution is 2.31. The second-order valence-corrected chi connectivity index (χ2v) is 7.82. The molecule has 1 fully saturated rings. The van der Waals surface area contributed by atoms with Crippen LogP contribution in [0.2, 0.25) is 0 Å². The van der Waals surface area contributed by atoms with Crippen molar-refractivity contribution in [2.45, 2.75) is 33.0 Å². The number of ether oxygens (including phenoxy) is 3. The van der Waals surface area contributed by atoms with Crippen LogP contribution in [0.3, 0.4) is 0 Å². The van der Waals surface area contributed by atoms with Gasteiger partial charge in [-0.1, -0.05) is 50.2 Å². The van der Waals surface area contributed by atoms with Gasteiger partial charge in [0, 0.05) is 23.0 Å². The van der Waals surface area contributed by atoms with Gasteiger partial charge in [-0.3, -0.25) is 4.79 Å². The predicted molar refractivity (Wildman–Crippen MR) is 105 cm³/mol. The number of Topliss-reactive ketones (excluding diaryl/α,β-unsaturated/α-hetero) is 1. The van der Waals surface area contributed by atoms with Crippen LogP contribution in [0.1, 0.15) is 58.4 Å². The molecule has 1 aliphatic rings. The van der Waals surface area contributed by atoms with E-state index in [0.717, 1.165) is 11.1 Å². The fourth-order valence-electron chi connectivity index (χ4n) is 3.18. The van der Waals surface area contributed by atoms with Crippen molar-refractivity contribution < 1.29 is 23.8 Å². The lowest BCUT2D eigenvalue weighted by atomic mass is 9.95. The summed E-state index contributed by atoms with van der Waals surface area (Å²) < 4.78 is 16.4. The third-order valence-corrected chi connectivity index (χ3v) is 4.78. The molecule has 0 bridgehead atoms. The van der Waals surface area contributed by atoms with Crippen molar-refractivity contribution in [1.29, 1.82) is 0 Å². The minimum Gasteiger partial charge on any atom is -0.465 e.